The van der Waals surface area contributed by atoms with Crippen LogP contribution in [0.3, 0.4) is 0 Å². The highest BCUT2D eigenvalue weighted by atomic mass is 79.9. The number of nitrogens with zero attached hydrogens (tertiary/aromatic N) is 3. The average Bonchev–Trinajstić information content (AvgIpc) is 3.00. The zero-order chi connectivity index (χ0) is 20.4. The Bertz CT molecular complexity index is 916. The van der Waals surface area contributed by atoms with Gasteiger partial charge in [-0.05, 0) is 29.5 Å². The third-order valence-electron chi connectivity index (χ3n) is 4.58. The van der Waals surface area contributed by atoms with Gasteiger partial charge < -0.3 is 0 Å². The zero-order valence-corrected chi connectivity index (χ0v) is 18.8. The van der Waals surface area contributed by atoms with Gasteiger partial charge in [-0.2, -0.15) is 12.7 Å². The number of carbonyl (C=O) groups excluding carboxylic acids is 1. The van der Waals surface area contributed by atoms with Crippen LogP contribution in [0.5, 0.6) is 0 Å². The lowest BCUT2D eigenvalue weighted by molar-refractivity contribution is 0.0982. The van der Waals surface area contributed by atoms with Crippen LogP contribution in [-0.4, -0.2) is 41.6 Å². The normalized spacial score (nSPS) is 12.6. The molecule has 2 aromatic rings. The molecule has 0 unspecified atom stereocenters. The van der Waals surface area contributed by atoms with E-state index in [1.807, 2.05) is 24.3 Å². The fourth-order valence-corrected chi connectivity index (χ4v) is 3.75. The number of benzene rings is 1. The number of halogens is 1. The summed E-state index contributed by atoms with van der Waals surface area (Å²) < 4.78 is 28.4. The molecule has 0 spiro atoms. The molecule has 148 valence electrons. The van der Waals surface area contributed by atoms with Crippen LogP contribution < -0.4 is 0 Å². The van der Waals surface area contributed by atoms with Gasteiger partial charge in [0.15, 0.2) is 5.82 Å². The van der Waals surface area contributed by atoms with Crippen molar-refractivity contribution in [2.45, 2.75) is 40.0 Å². The molecular formula is C19H26BrN3O3S. The maximum atomic E-state index is 12.9. The first-order valence-corrected chi connectivity index (χ1v) is 10.9. The van der Waals surface area contributed by atoms with Gasteiger partial charge in [0.1, 0.15) is 0 Å². The predicted molar refractivity (Wildman–Crippen MR) is 110 cm³/mol. The number of rotatable bonds is 8. The fourth-order valence-electron chi connectivity index (χ4n) is 2.51. The van der Waals surface area contributed by atoms with Crippen molar-refractivity contribution in [3.05, 3.63) is 52.0 Å². The first-order chi connectivity index (χ1) is 12.5. The summed E-state index contributed by atoms with van der Waals surface area (Å²) in [5, 5.41) is 0. The molecule has 0 N–H and O–H groups in total. The molecule has 0 saturated carbocycles. The average molecular weight is 456 g/mol. The quantitative estimate of drug-likeness (QED) is 0.568. The van der Waals surface area contributed by atoms with Crippen LogP contribution in [0.15, 0.2) is 34.9 Å². The van der Waals surface area contributed by atoms with Crippen LogP contribution in [0.25, 0.3) is 0 Å². The molecule has 27 heavy (non-hydrogen) atoms. The molecule has 0 aliphatic heterocycles. The van der Waals surface area contributed by atoms with E-state index in [2.05, 4.69) is 41.7 Å². The van der Waals surface area contributed by atoms with Crippen molar-refractivity contribution in [2.24, 2.45) is 5.41 Å². The van der Waals surface area contributed by atoms with E-state index in [1.165, 1.54) is 20.3 Å². The van der Waals surface area contributed by atoms with Gasteiger partial charge >= 0.3 is 10.2 Å². The molecule has 0 radical (unpaired) electrons. The largest absolute Gasteiger partial charge is 0.308 e. The van der Waals surface area contributed by atoms with Gasteiger partial charge in [0.2, 0.25) is 5.78 Å². The minimum absolute atomic E-state index is 0.0346. The molecule has 0 aliphatic carbocycles. The van der Waals surface area contributed by atoms with Gasteiger partial charge in [-0.1, -0.05) is 55.3 Å². The van der Waals surface area contributed by atoms with Crippen molar-refractivity contribution in [1.82, 2.24) is 13.3 Å². The number of hydrogen-bond acceptors (Lipinski definition) is 4. The van der Waals surface area contributed by atoms with Crippen LogP contribution in [0, 0.1) is 5.41 Å². The molecule has 2 rings (SSSR count). The van der Waals surface area contributed by atoms with E-state index >= 15 is 0 Å². The lowest BCUT2D eigenvalue weighted by Gasteiger charge is -2.20. The highest BCUT2D eigenvalue weighted by Crippen LogP contribution is 2.26. The second-order valence-corrected chi connectivity index (χ2v) is 10.5. The summed E-state index contributed by atoms with van der Waals surface area (Å²) >= 11 is 3.36. The maximum absolute atomic E-state index is 12.9. The summed E-state index contributed by atoms with van der Waals surface area (Å²) in [4.78, 5) is 17.3. The number of imidazole rings is 1. The zero-order valence-electron chi connectivity index (χ0n) is 16.4. The Morgan fingerprint density at radius 3 is 2.33 bits per heavy atom. The number of hydrogen-bond donors (Lipinski definition) is 0. The third-order valence-corrected chi connectivity index (χ3v) is 6.81. The van der Waals surface area contributed by atoms with E-state index in [0.29, 0.717) is 12.1 Å². The molecule has 0 atom stereocenters. The van der Waals surface area contributed by atoms with E-state index in [0.717, 1.165) is 24.7 Å². The van der Waals surface area contributed by atoms with E-state index in [-0.39, 0.29) is 23.4 Å². The third kappa shape index (κ3) is 5.27. The van der Waals surface area contributed by atoms with Gasteiger partial charge in [0.25, 0.3) is 0 Å². The van der Waals surface area contributed by atoms with Gasteiger partial charge in [0.05, 0.1) is 5.69 Å². The molecule has 0 fully saturated rings. The topological polar surface area (TPSA) is 72.3 Å². The molecule has 1 heterocycles. The van der Waals surface area contributed by atoms with Crippen molar-refractivity contribution >= 4 is 31.9 Å². The van der Waals surface area contributed by atoms with Crippen molar-refractivity contribution in [3.8, 4) is 0 Å². The lowest BCUT2D eigenvalue weighted by atomic mass is 9.85. The Hall–Kier alpha value is -1.51. The predicted octanol–water partition coefficient (Wildman–Crippen LogP) is 3.70. The summed E-state index contributed by atoms with van der Waals surface area (Å²) in [6.07, 6.45) is 3.08. The highest BCUT2D eigenvalue weighted by Gasteiger charge is 2.28. The van der Waals surface area contributed by atoms with Crippen molar-refractivity contribution in [1.29, 1.82) is 0 Å². The Morgan fingerprint density at radius 2 is 1.81 bits per heavy atom. The summed E-state index contributed by atoms with van der Waals surface area (Å²) in [7, 11) is -0.957. The van der Waals surface area contributed by atoms with Crippen molar-refractivity contribution in [3.63, 3.8) is 0 Å². The summed E-state index contributed by atoms with van der Waals surface area (Å²) in [6, 6.07) is 7.36. The highest BCUT2D eigenvalue weighted by molar-refractivity contribution is 9.10. The Labute approximate surface area is 169 Å². The van der Waals surface area contributed by atoms with Gasteiger partial charge in [0, 0.05) is 31.2 Å². The van der Waals surface area contributed by atoms with E-state index < -0.39 is 10.2 Å². The molecule has 0 saturated heterocycles. The SMILES string of the molecule is CCC(C)(C)Cc1cn(S(=O)(=O)N(C)C)c(C(=O)Cc2ccc(Br)cc2)n1. The van der Waals surface area contributed by atoms with Crippen LogP contribution in [0.2, 0.25) is 0 Å². The van der Waals surface area contributed by atoms with Crippen molar-refractivity contribution in [2.75, 3.05) is 14.1 Å². The number of aromatic nitrogens is 2. The summed E-state index contributed by atoms with van der Waals surface area (Å²) in [6.45, 7) is 6.26. The molecule has 6 nitrogen and oxygen atoms in total. The molecule has 0 amide bonds. The molecule has 0 aliphatic rings. The van der Waals surface area contributed by atoms with E-state index in [1.54, 1.807) is 0 Å². The van der Waals surface area contributed by atoms with Crippen LogP contribution in [0.1, 0.15) is 49.1 Å². The van der Waals surface area contributed by atoms with Gasteiger partial charge in [-0.25, -0.2) is 8.96 Å². The summed E-state index contributed by atoms with van der Waals surface area (Å²) in [5.41, 5.74) is 1.37. The molecule has 0 bridgehead atoms. The minimum atomic E-state index is -3.83. The van der Waals surface area contributed by atoms with E-state index in [4.69, 9.17) is 0 Å². The Morgan fingerprint density at radius 1 is 1.22 bits per heavy atom. The minimum Gasteiger partial charge on any atom is -0.290 e. The monoisotopic (exact) mass is 455 g/mol. The Kier molecular flexibility index (Phi) is 6.65. The molecule has 8 heteroatoms. The van der Waals surface area contributed by atoms with E-state index in [9.17, 15) is 13.2 Å². The smallest absolute Gasteiger partial charge is 0.290 e. The second kappa shape index (κ2) is 8.24. The standard InChI is InChI=1S/C19H26BrN3O3S/c1-6-19(2,3)12-16-13-23(27(25,26)22(4)5)18(21-16)17(24)11-14-7-9-15(20)10-8-14/h7-10,13H,6,11-12H2,1-5H3. The summed E-state index contributed by atoms with van der Waals surface area (Å²) in [5.74, 6) is -0.378. The Balaban J connectivity index is 2.44. The fraction of sp³-hybridized carbons (Fsp3) is 0.474. The first kappa shape index (κ1) is 21.8. The number of ketones is 1. The number of Topliss-reactive ketones (excluding diaryl/α,β-unsaturated/α-hetero) is 1. The second-order valence-electron chi connectivity index (χ2n) is 7.56. The lowest BCUT2D eigenvalue weighted by Crippen LogP contribution is -2.31. The molecule has 1 aromatic carbocycles. The maximum Gasteiger partial charge on any atom is 0.308 e. The molecular weight excluding hydrogens is 430 g/mol. The van der Waals surface area contributed by atoms with Crippen LogP contribution >= 0.6 is 15.9 Å². The van der Waals surface area contributed by atoms with Crippen LogP contribution in [0.4, 0.5) is 0 Å². The van der Waals surface area contributed by atoms with Crippen LogP contribution in [-0.2, 0) is 23.1 Å². The van der Waals surface area contributed by atoms with Gasteiger partial charge in [-0.3, -0.25) is 4.79 Å². The number of carbonyl (C=O) groups is 1. The van der Waals surface area contributed by atoms with Crippen molar-refractivity contribution < 1.29 is 13.2 Å². The first-order valence-electron chi connectivity index (χ1n) is 8.75. The molecule has 1 aromatic heterocycles. The van der Waals surface area contributed by atoms with Gasteiger partial charge in [-0.15, -0.1) is 0 Å².